The molecule has 2 fully saturated rings. The first-order chi connectivity index (χ1) is 19.1. The lowest BCUT2D eigenvalue weighted by Crippen LogP contribution is -2.44. The molecule has 3 N–H and O–H groups in total. The molecule has 2 aromatic heterocycles. The highest BCUT2D eigenvalue weighted by atomic mass is 32.1. The number of anilines is 2. The Hall–Kier alpha value is -3.36. The van der Waals surface area contributed by atoms with Crippen molar-refractivity contribution in [3.05, 3.63) is 35.4 Å². The largest absolute Gasteiger partial charge is 0.462 e. The number of fused-ring (bicyclic) bond motifs is 2. The van der Waals surface area contributed by atoms with Gasteiger partial charge in [-0.3, -0.25) is 0 Å². The lowest BCUT2D eigenvalue weighted by Gasteiger charge is -2.30. The van der Waals surface area contributed by atoms with Gasteiger partial charge in [-0.1, -0.05) is 11.3 Å². The number of ether oxygens (including phenoxy) is 1. The fourth-order valence-corrected chi connectivity index (χ4v) is 6.18. The summed E-state index contributed by atoms with van der Waals surface area (Å²) < 4.78 is 80.4. The Balaban J connectivity index is 1.58. The molecule has 0 spiro atoms. The van der Waals surface area contributed by atoms with E-state index in [-0.39, 0.29) is 56.3 Å². The van der Waals surface area contributed by atoms with Crippen molar-refractivity contribution in [2.75, 3.05) is 57.0 Å². The summed E-state index contributed by atoms with van der Waals surface area (Å²) in [7, 11) is 1.98. The third kappa shape index (κ3) is 4.77. The Morgan fingerprint density at radius 2 is 1.88 bits per heavy atom. The van der Waals surface area contributed by atoms with Gasteiger partial charge in [0.25, 0.3) is 0 Å². The van der Waals surface area contributed by atoms with Crippen LogP contribution >= 0.6 is 11.3 Å². The van der Waals surface area contributed by atoms with Gasteiger partial charge in [0.05, 0.1) is 15.8 Å². The van der Waals surface area contributed by atoms with E-state index in [0.29, 0.717) is 26.2 Å². The van der Waals surface area contributed by atoms with Gasteiger partial charge in [0.15, 0.2) is 10.9 Å². The minimum atomic E-state index is -4.95. The maximum atomic E-state index is 16.5. The van der Waals surface area contributed by atoms with Crippen molar-refractivity contribution < 1.29 is 26.7 Å². The molecular formula is C26H26F5N7OS. The minimum absolute atomic E-state index is 0.0491. The fraction of sp³-hybridized carbons (Fsp3) is 0.423. The Morgan fingerprint density at radius 3 is 2.58 bits per heavy atom. The van der Waals surface area contributed by atoms with Crippen LogP contribution in [0.5, 0.6) is 6.01 Å². The fourth-order valence-electron chi connectivity index (χ4n) is 5.41. The number of likely N-dealkylation sites (tertiary alicyclic amines) is 1. The number of likely N-dealkylation sites (N-methyl/N-ethyl adjacent to an activating group) is 1. The van der Waals surface area contributed by atoms with Crippen LogP contribution in [0.25, 0.3) is 32.2 Å². The molecule has 1 unspecified atom stereocenters. The third-order valence-corrected chi connectivity index (χ3v) is 8.36. The second-order valence-electron chi connectivity index (χ2n) is 9.99. The highest BCUT2D eigenvalue weighted by Crippen LogP contribution is 2.46. The molecule has 6 rings (SSSR count). The molecule has 14 heteroatoms. The predicted molar refractivity (Wildman–Crippen MR) is 144 cm³/mol. The number of nitrogen functional groups attached to an aromatic ring is 1. The van der Waals surface area contributed by atoms with Gasteiger partial charge in [0, 0.05) is 48.7 Å². The molecule has 0 saturated carbocycles. The van der Waals surface area contributed by atoms with Gasteiger partial charge in [-0.2, -0.15) is 23.1 Å². The quantitative estimate of drug-likeness (QED) is 0.330. The lowest BCUT2D eigenvalue weighted by atomic mass is 9.95. The van der Waals surface area contributed by atoms with Crippen molar-refractivity contribution in [2.24, 2.45) is 0 Å². The smallest absolute Gasteiger partial charge is 0.417 e. The minimum Gasteiger partial charge on any atom is -0.462 e. The van der Waals surface area contributed by atoms with Crippen LogP contribution in [0.15, 0.2) is 18.2 Å². The molecule has 0 radical (unpaired) electrons. The summed E-state index contributed by atoms with van der Waals surface area (Å²) in [5.74, 6) is -1.76. The van der Waals surface area contributed by atoms with Gasteiger partial charge in [-0.25, -0.2) is 13.8 Å². The number of aromatic nitrogens is 3. The first-order valence-electron chi connectivity index (χ1n) is 12.9. The molecule has 2 aromatic carbocycles. The number of alkyl halides is 3. The number of piperazine rings is 1. The van der Waals surface area contributed by atoms with E-state index in [1.807, 2.05) is 7.05 Å². The van der Waals surface area contributed by atoms with Crippen molar-refractivity contribution >= 4 is 43.4 Å². The summed E-state index contributed by atoms with van der Waals surface area (Å²) in [4.78, 5) is 16.7. The van der Waals surface area contributed by atoms with Crippen LogP contribution in [0.2, 0.25) is 0 Å². The summed E-state index contributed by atoms with van der Waals surface area (Å²) in [6.45, 7) is 3.26. The number of rotatable bonds is 5. The van der Waals surface area contributed by atoms with Crippen LogP contribution in [-0.2, 0) is 6.18 Å². The molecule has 4 aromatic rings. The van der Waals surface area contributed by atoms with Gasteiger partial charge in [-0.05, 0) is 44.6 Å². The van der Waals surface area contributed by atoms with E-state index in [9.17, 15) is 17.6 Å². The zero-order chi connectivity index (χ0) is 28.2. The Labute approximate surface area is 230 Å². The molecule has 2 saturated heterocycles. The van der Waals surface area contributed by atoms with Crippen LogP contribution in [0.4, 0.5) is 32.9 Å². The summed E-state index contributed by atoms with van der Waals surface area (Å²) in [6.07, 6.45) is -3.02. The summed E-state index contributed by atoms with van der Waals surface area (Å²) in [5.41, 5.74) is 3.04. The predicted octanol–water partition coefficient (Wildman–Crippen LogP) is 4.67. The van der Waals surface area contributed by atoms with E-state index in [4.69, 9.17) is 10.5 Å². The third-order valence-electron chi connectivity index (χ3n) is 7.47. The number of nitrogens with two attached hydrogens (primary N) is 1. The molecule has 0 bridgehead atoms. The van der Waals surface area contributed by atoms with Crippen molar-refractivity contribution in [3.8, 4) is 17.1 Å². The van der Waals surface area contributed by atoms with Crippen LogP contribution < -0.4 is 20.7 Å². The summed E-state index contributed by atoms with van der Waals surface area (Å²) >= 11 is 0.779. The first-order valence-corrected chi connectivity index (χ1v) is 13.7. The molecule has 2 aliphatic rings. The van der Waals surface area contributed by atoms with E-state index < -0.39 is 28.9 Å². The second kappa shape index (κ2) is 10.2. The zero-order valence-electron chi connectivity index (χ0n) is 21.5. The molecule has 4 heterocycles. The number of thiazole rings is 1. The topological polar surface area (TPSA) is 92.4 Å². The average Bonchev–Trinajstić information content (AvgIpc) is 3.53. The Morgan fingerprint density at radius 1 is 1.10 bits per heavy atom. The molecule has 0 amide bonds. The normalized spacial score (nSPS) is 18.8. The standard InChI is InChI=1S/C26H26F5N7OS/c1-37-8-2-3-13(37)12-39-25-35-20-15(23(36-25)38-9-6-33-7-10-38)11-16(26(29,30)31)18(19(20)28)14-4-5-17(27)22-21(14)34-24(32)40-22/h4-5,11,13,33H,2-3,6-10,12H2,1H3,(H2,32,34). The van der Waals surface area contributed by atoms with Crippen LogP contribution in [0.1, 0.15) is 18.4 Å². The monoisotopic (exact) mass is 579 g/mol. The Bertz CT molecular complexity index is 1590. The van der Waals surface area contributed by atoms with E-state index in [1.165, 1.54) is 0 Å². The van der Waals surface area contributed by atoms with Crippen LogP contribution in [-0.4, -0.2) is 72.3 Å². The lowest BCUT2D eigenvalue weighted by molar-refractivity contribution is -0.137. The van der Waals surface area contributed by atoms with E-state index >= 15 is 4.39 Å². The number of nitrogens with one attached hydrogen (secondary N) is 1. The van der Waals surface area contributed by atoms with Crippen molar-refractivity contribution in [3.63, 3.8) is 0 Å². The maximum absolute atomic E-state index is 16.5. The van der Waals surface area contributed by atoms with Gasteiger partial charge < -0.3 is 25.6 Å². The van der Waals surface area contributed by atoms with E-state index in [1.54, 1.807) is 4.90 Å². The van der Waals surface area contributed by atoms with Gasteiger partial charge in [-0.15, -0.1) is 0 Å². The summed E-state index contributed by atoms with van der Waals surface area (Å²) in [6, 6.07) is 2.94. The molecule has 1 atom stereocenters. The molecule has 0 aliphatic carbocycles. The highest BCUT2D eigenvalue weighted by Gasteiger charge is 2.38. The van der Waals surface area contributed by atoms with Crippen molar-refractivity contribution in [1.82, 2.24) is 25.2 Å². The molecule has 8 nitrogen and oxygen atoms in total. The van der Waals surface area contributed by atoms with E-state index in [2.05, 4.69) is 25.2 Å². The Kier molecular flexibility index (Phi) is 6.87. The number of nitrogens with zero attached hydrogens (tertiary/aromatic N) is 5. The molecule has 212 valence electrons. The number of hydrogen-bond acceptors (Lipinski definition) is 9. The van der Waals surface area contributed by atoms with Crippen LogP contribution in [0, 0.1) is 11.6 Å². The SMILES string of the molecule is CN1CCCC1COc1nc(N2CCNCC2)c2cc(C(F)(F)F)c(-c3ccc(F)c4sc(N)nc34)c(F)c2n1. The first kappa shape index (κ1) is 26.8. The summed E-state index contributed by atoms with van der Waals surface area (Å²) in [5, 5.41) is 3.06. The van der Waals surface area contributed by atoms with E-state index in [0.717, 1.165) is 48.9 Å². The number of hydrogen-bond donors (Lipinski definition) is 2. The molecular weight excluding hydrogens is 553 g/mol. The second-order valence-corrected chi connectivity index (χ2v) is 11.0. The van der Waals surface area contributed by atoms with Gasteiger partial charge in [0.1, 0.15) is 23.8 Å². The number of benzene rings is 2. The van der Waals surface area contributed by atoms with Crippen LogP contribution in [0.3, 0.4) is 0 Å². The van der Waals surface area contributed by atoms with Gasteiger partial charge >= 0.3 is 12.2 Å². The number of halogens is 5. The molecule has 40 heavy (non-hydrogen) atoms. The molecule has 2 aliphatic heterocycles. The van der Waals surface area contributed by atoms with Gasteiger partial charge in [0.2, 0.25) is 0 Å². The average molecular weight is 580 g/mol. The maximum Gasteiger partial charge on any atom is 0.417 e. The van der Waals surface area contributed by atoms with Crippen molar-refractivity contribution in [1.29, 1.82) is 0 Å². The van der Waals surface area contributed by atoms with Crippen molar-refractivity contribution in [2.45, 2.75) is 25.1 Å². The zero-order valence-corrected chi connectivity index (χ0v) is 22.3. The highest BCUT2D eigenvalue weighted by molar-refractivity contribution is 7.22.